The first kappa shape index (κ1) is 13.2. The van der Waals surface area contributed by atoms with Gasteiger partial charge >= 0.3 is 0 Å². The van der Waals surface area contributed by atoms with E-state index in [2.05, 4.69) is 12.2 Å². The normalized spacial score (nSPS) is 19.8. The summed E-state index contributed by atoms with van der Waals surface area (Å²) in [6, 6.07) is 7.31. The molecule has 98 valence electrons. The van der Waals surface area contributed by atoms with Crippen LogP contribution in [0.4, 0.5) is 0 Å². The molecule has 2 rings (SSSR count). The SMILES string of the molecule is CC1CN(C(=O)CSc2ccc(O)cc2)CCN1. The van der Waals surface area contributed by atoms with Crippen LogP contribution in [-0.2, 0) is 4.79 Å². The molecule has 5 heteroatoms. The number of carbonyl (C=O) groups is 1. The van der Waals surface area contributed by atoms with Gasteiger partial charge in [0.15, 0.2) is 0 Å². The number of hydrogen-bond donors (Lipinski definition) is 2. The number of benzene rings is 1. The van der Waals surface area contributed by atoms with Crippen molar-refractivity contribution in [3.63, 3.8) is 0 Å². The van der Waals surface area contributed by atoms with Crippen molar-refractivity contribution in [3.05, 3.63) is 24.3 Å². The topological polar surface area (TPSA) is 52.6 Å². The fourth-order valence-electron chi connectivity index (χ4n) is 1.94. The van der Waals surface area contributed by atoms with E-state index in [-0.39, 0.29) is 11.7 Å². The highest BCUT2D eigenvalue weighted by Gasteiger charge is 2.20. The first-order valence-corrected chi connectivity index (χ1v) is 7.06. The van der Waals surface area contributed by atoms with E-state index in [1.54, 1.807) is 12.1 Å². The van der Waals surface area contributed by atoms with Crippen LogP contribution in [0.25, 0.3) is 0 Å². The second kappa shape index (κ2) is 6.11. The summed E-state index contributed by atoms with van der Waals surface area (Å²) in [5.41, 5.74) is 0. The summed E-state index contributed by atoms with van der Waals surface area (Å²) in [6.07, 6.45) is 0. The number of nitrogens with zero attached hydrogens (tertiary/aromatic N) is 1. The molecule has 1 amide bonds. The predicted molar refractivity (Wildman–Crippen MR) is 72.9 cm³/mol. The van der Waals surface area contributed by atoms with E-state index in [1.807, 2.05) is 17.0 Å². The van der Waals surface area contributed by atoms with Crippen molar-refractivity contribution in [2.45, 2.75) is 17.9 Å². The van der Waals surface area contributed by atoms with E-state index in [1.165, 1.54) is 11.8 Å². The number of nitrogens with one attached hydrogen (secondary N) is 1. The van der Waals surface area contributed by atoms with Crippen LogP contribution in [0, 0.1) is 0 Å². The summed E-state index contributed by atoms with van der Waals surface area (Å²) in [6.45, 7) is 4.54. The maximum atomic E-state index is 12.0. The Hall–Kier alpha value is -1.20. The van der Waals surface area contributed by atoms with E-state index in [0.717, 1.165) is 24.5 Å². The minimum atomic E-state index is 0.182. The summed E-state index contributed by atoms with van der Waals surface area (Å²) in [5.74, 6) is 0.889. The highest BCUT2D eigenvalue weighted by atomic mass is 32.2. The minimum absolute atomic E-state index is 0.182. The van der Waals surface area contributed by atoms with Crippen molar-refractivity contribution in [3.8, 4) is 5.75 Å². The maximum absolute atomic E-state index is 12.0. The number of rotatable bonds is 3. The second-order valence-electron chi connectivity index (χ2n) is 4.48. The summed E-state index contributed by atoms with van der Waals surface area (Å²) in [5, 5.41) is 12.5. The molecule has 0 radical (unpaired) electrons. The van der Waals surface area contributed by atoms with Crippen LogP contribution in [0.3, 0.4) is 0 Å². The number of phenolic OH excluding ortho intramolecular Hbond substituents is 1. The average molecular weight is 266 g/mol. The summed E-state index contributed by atoms with van der Waals surface area (Å²) in [4.78, 5) is 14.9. The van der Waals surface area contributed by atoms with Gasteiger partial charge in [0.25, 0.3) is 0 Å². The molecule has 0 aromatic heterocycles. The summed E-state index contributed by atoms with van der Waals surface area (Å²) in [7, 11) is 0. The third kappa shape index (κ3) is 3.65. The molecule has 0 aliphatic carbocycles. The number of aromatic hydroxyl groups is 1. The van der Waals surface area contributed by atoms with Crippen LogP contribution in [-0.4, -0.2) is 47.3 Å². The van der Waals surface area contributed by atoms with E-state index < -0.39 is 0 Å². The van der Waals surface area contributed by atoms with Gasteiger partial charge in [0.1, 0.15) is 5.75 Å². The quantitative estimate of drug-likeness (QED) is 0.810. The zero-order chi connectivity index (χ0) is 13.0. The van der Waals surface area contributed by atoms with E-state index in [4.69, 9.17) is 0 Å². The van der Waals surface area contributed by atoms with Crippen molar-refractivity contribution in [1.29, 1.82) is 0 Å². The highest BCUT2D eigenvalue weighted by Crippen LogP contribution is 2.21. The van der Waals surface area contributed by atoms with Gasteiger partial charge in [0.2, 0.25) is 5.91 Å². The Bertz CT molecular complexity index is 408. The first-order chi connectivity index (χ1) is 8.65. The Kier molecular flexibility index (Phi) is 4.49. The van der Waals surface area contributed by atoms with E-state index in [0.29, 0.717) is 11.8 Å². The molecule has 0 saturated carbocycles. The number of thioether (sulfide) groups is 1. The zero-order valence-corrected chi connectivity index (χ0v) is 11.2. The molecule has 2 N–H and O–H groups in total. The van der Waals surface area contributed by atoms with Crippen LogP contribution >= 0.6 is 11.8 Å². The van der Waals surface area contributed by atoms with Crippen molar-refractivity contribution in [1.82, 2.24) is 10.2 Å². The van der Waals surface area contributed by atoms with E-state index >= 15 is 0 Å². The number of amides is 1. The van der Waals surface area contributed by atoms with Gasteiger partial charge in [-0.05, 0) is 31.2 Å². The molecular weight excluding hydrogens is 248 g/mol. The van der Waals surface area contributed by atoms with Crippen LogP contribution in [0.5, 0.6) is 5.75 Å². The van der Waals surface area contributed by atoms with Gasteiger partial charge in [-0.25, -0.2) is 0 Å². The van der Waals surface area contributed by atoms with Crippen LogP contribution in [0.2, 0.25) is 0 Å². The highest BCUT2D eigenvalue weighted by molar-refractivity contribution is 8.00. The first-order valence-electron chi connectivity index (χ1n) is 6.08. The molecular formula is C13H18N2O2S. The fourth-order valence-corrected chi connectivity index (χ4v) is 2.74. The fraction of sp³-hybridized carbons (Fsp3) is 0.462. The molecule has 1 aliphatic heterocycles. The molecule has 1 aromatic carbocycles. The average Bonchev–Trinajstić information content (AvgIpc) is 2.38. The molecule has 1 fully saturated rings. The molecule has 4 nitrogen and oxygen atoms in total. The molecule has 18 heavy (non-hydrogen) atoms. The van der Waals surface area contributed by atoms with Gasteiger partial charge in [-0.3, -0.25) is 4.79 Å². The third-order valence-corrected chi connectivity index (χ3v) is 3.92. The van der Waals surface area contributed by atoms with Gasteiger partial charge in [-0.15, -0.1) is 11.8 Å². The zero-order valence-electron chi connectivity index (χ0n) is 10.4. The molecule has 1 unspecified atom stereocenters. The Morgan fingerprint density at radius 2 is 2.22 bits per heavy atom. The van der Waals surface area contributed by atoms with Gasteiger partial charge in [-0.2, -0.15) is 0 Å². The number of hydrogen-bond acceptors (Lipinski definition) is 4. The molecule has 1 atom stereocenters. The van der Waals surface area contributed by atoms with Crippen molar-refractivity contribution in [2.75, 3.05) is 25.4 Å². The Morgan fingerprint density at radius 1 is 1.50 bits per heavy atom. The Balaban J connectivity index is 1.82. The summed E-state index contributed by atoms with van der Waals surface area (Å²) < 4.78 is 0. The number of piperazine rings is 1. The second-order valence-corrected chi connectivity index (χ2v) is 5.53. The largest absolute Gasteiger partial charge is 0.508 e. The molecule has 1 saturated heterocycles. The monoisotopic (exact) mass is 266 g/mol. The lowest BCUT2D eigenvalue weighted by Crippen LogP contribution is -2.51. The number of phenols is 1. The van der Waals surface area contributed by atoms with Gasteiger partial charge in [0.05, 0.1) is 5.75 Å². The van der Waals surface area contributed by atoms with Crippen molar-refractivity contribution >= 4 is 17.7 Å². The molecule has 0 bridgehead atoms. The molecule has 1 aliphatic rings. The maximum Gasteiger partial charge on any atom is 0.233 e. The molecule has 1 heterocycles. The minimum Gasteiger partial charge on any atom is -0.508 e. The van der Waals surface area contributed by atoms with Crippen molar-refractivity contribution in [2.24, 2.45) is 0 Å². The molecule has 1 aromatic rings. The lowest BCUT2D eigenvalue weighted by Gasteiger charge is -2.31. The van der Waals surface area contributed by atoms with Crippen LogP contribution in [0.15, 0.2) is 29.2 Å². The third-order valence-electron chi connectivity index (χ3n) is 2.92. The van der Waals surface area contributed by atoms with Gasteiger partial charge in [-0.1, -0.05) is 0 Å². The van der Waals surface area contributed by atoms with Crippen LogP contribution in [0.1, 0.15) is 6.92 Å². The predicted octanol–water partition coefficient (Wildman–Crippen LogP) is 1.30. The van der Waals surface area contributed by atoms with Gasteiger partial charge < -0.3 is 15.3 Å². The van der Waals surface area contributed by atoms with Gasteiger partial charge in [0, 0.05) is 30.6 Å². The smallest absolute Gasteiger partial charge is 0.233 e. The molecule has 0 spiro atoms. The lowest BCUT2D eigenvalue weighted by atomic mass is 10.2. The Labute approximate surface area is 111 Å². The van der Waals surface area contributed by atoms with Crippen molar-refractivity contribution < 1.29 is 9.90 Å². The standard InChI is InChI=1S/C13H18N2O2S/c1-10-8-15(7-6-14-10)13(17)9-18-12-4-2-11(16)3-5-12/h2-5,10,14,16H,6-9H2,1H3. The summed E-state index contributed by atoms with van der Waals surface area (Å²) >= 11 is 1.51. The van der Waals surface area contributed by atoms with Crippen LogP contribution < -0.4 is 5.32 Å². The lowest BCUT2D eigenvalue weighted by molar-refractivity contribution is -0.129. The Morgan fingerprint density at radius 3 is 2.89 bits per heavy atom. The van der Waals surface area contributed by atoms with E-state index in [9.17, 15) is 9.90 Å². The number of carbonyl (C=O) groups excluding carboxylic acids is 1.